The number of dihydropyridines is 1. The molecule has 0 aromatic rings. The molecule has 0 spiro atoms. The first-order chi connectivity index (χ1) is 10.5. The van der Waals surface area contributed by atoms with Crippen molar-refractivity contribution < 1.29 is 4.74 Å². The second kappa shape index (κ2) is 4.72. The van der Waals surface area contributed by atoms with Crippen LogP contribution in [-0.2, 0) is 4.74 Å². The average Bonchev–Trinajstić information content (AvgIpc) is 2.29. The van der Waals surface area contributed by atoms with E-state index in [2.05, 4.69) is 42.0 Å². The number of nitrogens with one attached hydrogen (secondary N) is 1. The van der Waals surface area contributed by atoms with Crippen molar-refractivity contribution in [3.05, 3.63) is 24.1 Å². The third-order valence-electron chi connectivity index (χ3n) is 6.36. The Morgan fingerprint density at radius 1 is 1.04 bits per heavy atom. The highest BCUT2D eigenvalue weighted by atomic mass is 79.9. The van der Waals surface area contributed by atoms with E-state index in [4.69, 9.17) is 16.3 Å². The third kappa shape index (κ3) is 2.97. The van der Waals surface area contributed by atoms with Crippen molar-refractivity contribution in [2.75, 3.05) is 6.61 Å². The summed E-state index contributed by atoms with van der Waals surface area (Å²) in [7, 11) is 0. The summed E-state index contributed by atoms with van der Waals surface area (Å²) >= 11 is 9.72. The minimum absolute atomic E-state index is 0.341. The predicted octanol–water partition coefficient (Wildman–Crippen LogP) is 5.68. The van der Waals surface area contributed by atoms with Crippen LogP contribution < -0.4 is 5.32 Å². The Bertz CT molecular complexity index is 543. The molecule has 128 valence electrons. The summed E-state index contributed by atoms with van der Waals surface area (Å²) in [4.78, 5) is 0. The van der Waals surface area contributed by atoms with Gasteiger partial charge in [-0.3, -0.25) is 0 Å². The molecular weight excluding hydrogens is 374 g/mol. The van der Waals surface area contributed by atoms with Gasteiger partial charge < -0.3 is 10.1 Å². The highest BCUT2D eigenvalue weighted by Crippen LogP contribution is 2.73. The molecule has 5 rings (SSSR count). The number of rotatable bonds is 3. The van der Waals surface area contributed by atoms with Crippen molar-refractivity contribution in [3.8, 4) is 0 Å². The van der Waals surface area contributed by atoms with E-state index in [0.717, 1.165) is 12.4 Å². The quantitative estimate of drug-likeness (QED) is 0.486. The fourth-order valence-electron chi connectivity index (χ4n) is 7.54. The lowest BCUT2D eigenvalue weighted by Gasteiger charge is -2.69. The van der Waals surface area contributed by atoms with E-state index in [1.807, 2.05) is 18.4 Å². The molecule has 1 aliphatic heterocycles. The molecule has 5 aliphatic rings. The topological polar surface area (TPSA) is 21.3 Å². The predicted molar refractivity (Wildman–Crippen MR) is 98.3 cm³/mol. The molecule has 1 heterocycles. The molecule has 4 heteroatoms. The smallest absolute Gasteiger partial charge is 0.190 e. The Hall–Kier alpha value is -0.150. The normalized spacial score (nSPS) is 53.9. The summed E-state index contributed by atoms with van der Waals surface area (Å²) in [5, 5.41) is 3.05. The highest BCUT2D eigenvalue weighted by Gasteiger charge is 2.64. The Balaban J connectivity index is 1.55. The second-order valence-electron chi connectivity index (χ2n) is 9.93. The first-order valence-corrected chi connectivity index (χ1v) is 9.88. The van der Waals surface area contributed by atoms with Crippen LogP contribution in [0.25, 0.3) is 0 Å². The van der Waals surface area contributed by atoms with E-state index in [0.29, 0.717) is 21.7 Å². The van der Waals surface area contributed by atoms with Gasteiger partial charge in [0.15, 0.2) is 3.91 Å². The van der Waals surface area contributed by atoms with E-state index in [1.54, 1.807) is 0 Å². The maximum Gasteiger partial charge on any atom is 0.190 e. The molecule has 4 saturated carbocycles. The van der Waals surface area contributed by atoms with E-state index in [9.17, 15) is 0 Å². The van der Waals surface area contributed by atoms with Gasteiger partial charge >= 0.3 is 0 Å². The molecular formula is C19H27BrClNO. The van der Waals surface area contributed by atoms with E-state index < -0.39 is 3.91 Å². The van der Waals surface area contributed by atoms with Gasteiger partial charge in [0, 0.05) is 17.7 Å². The molecule has 1 N–H and O–H groups in total. The van der Waals surface area contributed by atoms with E-state index in [-0.39, 0.29) is 0 Å². The lowest BCUT2D eigenvalue weighted by Crippen LogP contribution is -2.60. The Morgan fingerprint density at radius 2 is 1.57 bits per heavy atom. The minimum Gasteiger partial charge on any atom is -0.493 e. The number of hydrogen-bond acceptors (Lipinski definition) is 2. The van der Waals surface area contributed by atoms with Gasteiger partial charge in [0.1, 0.15) is 5.76 Å². The van der Waals surface area contributed by atoms with Crippen LogP contribution in [0.1, 0.15) is 59.3 Å². The third-order valence-corrected chi connectivity index (χ3v) is 7.03. The largest absolute Gasteiger partial charge is 0.493 e. The van der Waals surface area contributed by atoms with E-state index in [1.165, 1.54) is 38.5 Å². The van der Waals surface area contributed by atoms with Crippen molar-refractivity contribution in [1.82, 2.24) is 5.32 Å². The molecule has 4 fully saturated rings. The van der Waals surface area contributed by atoms with E-state index >= 15 is 0 Å². The summed E-state index contributed by atoms with van der Waals surface area (Å²) < 4.78 is 5.54. The number of alkyl halides is 2. The number of hydrogen-bond donors (Lipinski definition) is 1. The van der Waals surface area contributed by atoms with Crippen LogP contribution in [0.2, 0.25) is 0 Å². The fraction of sp³-hybridized carbons (Fsp3) is 0.789. The molecule has 1 unspecified atom stereocenters. The van der Waals surface area contributed by atoms with Crippen molar-refractivity contribution >= 4 is 27.5 Å². The average molecular weight is 401 g/mol. The van der Waals surface area contributed by atoms with Gasteiger partial charge in [0.25, 0.3) is 0 Å². The van der Waals surface area contributed by atoms with Crippen LogP contribution in [0.3, 0.4) is 0 Å². The molecule has 0 aromatic carbocycles. The summed E-state index contributed by atoms with van der Waals surface area (Å²) in [6.45, 7) is 8.37. The van der Waals surface area contributed by atoms with Crippen LogP contribution >= 0.6 is 27.5 Å². The molecule has 4 bridgehead atoms. The molecule has 1 atom stereocenters. The number of halogens is 2. The SMILES string of the molecule is CC12CC3(C)CC(C)(C1)CC(COC1=CC(Cl)(Br)NC=C1)(C2)C3. The first kappa shape index (κ1) is 16.3. The number of allylic oxidation sites excluding steroid dienone is 1. The van der Waals surface area contributed by atoms with Crippen LogP contribution in [0.4, 0.5) is 0 Å². The zero-order valence-electron chi connectivity index (χ0n) is 14.3. The minimum atomic E-state index is -0.720. The molecule has 2 nitrogen and oxygen atoms in total. The van der Waals surface area contributed by atoms with Crippen LogP contribution in [0, 0.1) is 21.7 Å². The van der Waals surface area contributed by atoms with Crippen molar-refractivity contribution in [2.45, 2.75) is 63.2 Å². The second-order valence-corrected chi connectivity index (χ2v) is 12.2. The monoisotopic (exact) mass is 399 g/mol. The Kier molecular flexibility index (Phi) is 3.35. The van der Waals surface area contributed by atoms with Crippen LogP contribution in [0.5, 0.6) is 0 Å². The molecule has 0 amide bonds. The van der Waals surface area contributed by atoms with Gasteiger partial charge in [-0.05, 0) is 76.8 Å². The zero-order valence-corrected chi connectivity index (χ0v) is 16.7. The summed E-state index contributed by atoms with van der Waals surface area (Å²) in [5.41, 5.74) is 1.86. The zero-order chi connectivity index (χ0) is 16.6. The lowest BCUT2D eigenvalue weighted by atomic mass is 9.36. The van der Waals surface area contributed by atoms with Crippen molar-refractivity contribution in [2.24, 2.45) is 21.7 Å². The maximum absolute atomic E-state index is 6.29. The van der Waals surface area contributed by atoms with Gasteiger partial charge in [0.2, 0.25) is 0 Å². The Morgan fingerprint density at radius 3 is 2.04 bits per heavy atom. The molecule has 0 radical (unpaired) electrons. The molecule has 4 aliphatic carbocycles. The summed E-state index contributed by atoms with van der Waals surface area (Å²) in [5.74, 6) is 0.867. The molecule has 0 saturated heterocycles. The van der Waals surface area contributed by atoms with Crippen LogP contribution in [-0.4, -0.2) is 10.5 Å². The lowest BCUT2D eigenvalue weighted by molar-refractivity contribution is -0.196. The summed E-state index contributed by atoms with van der Waals surface area (Å²) in [6.07, 6.45) is 13.9. The van der Waals surface area contributed by atoms with Gasteiger partial charge in [0.05, 0.1) is 6.61 Å². The van der Waals surface area contributed by atoms with Crippen LogP contribution in [0.15, 0.2) is 24.1 Å². The van der Waals surface area contributed by atoms with Crippen molar-refractivity contribution in [1.29, 1.82) is 0 Å². The Labute approximate surface area is 153 Å². The van der Waals surface area contributed by atoms with Gasteiger partial charge in [-0.25, -0.2) is 0 Å². The van der Waals surface area contributed by atoms with Gasteiger partial charge in [-0.2, -0.15) is 0 Å². The summed E-state index contributed by atoms with van der Waals surface area (Å²) in [6, 6.07) is 0. The van der Waals surface area contributed by atoms with Crippen molar-refractivity contribution in [3.63, 3.8) is 0 Å². The first-order valence-electron chi connectivity index (χ1n) is 8.70. The molecule has 0 aromatic heterocycles. The molecule has 23 heavy (non-hydrogen) atoms. The van der Waals surface area contributed by atoms with Gasteiger partial charge in [-0.1, -0.05) is 32.4 Å². The number of ether oxygens (including phenoxy) is 1. The maximum atomic E-state index is 6.29. The highest BCUT2D eigenvalue weighted by molar-refractivity contribution is 9.10. The standard InChI is InChI=1S/C19H27BrClNO/c1-15-7-16(2)9-17(3,8-15)12-18(10-15,11-16)13-23-14-4-5-22-19(20,21)6-14/h4-6,22H,7-13H2,1-3H3. The fourth-order valence-corrected chi connectivity index (χ4v) is 8.07. The van der Waals surface area contributed by atoms with Gasteiger partial charge in [-0.15, -0.1) is 0 Å².